The average Bonchev–Trinajstić information content (AvgIpc) is 2.98. The van der Waals surface area contributed by atoms with Crippen molar-refractivity contribution < 1.29 is 0 Å². The van der Waals surface area contributed by atoms with Crippen LogP contribution in [0.2, 0.25) is 0 Å². The fraction of sp³-hybridized carbons (Fsp3) is 0.250. The number of aromatic amines is 1. The molecule has 0 fully saturated rings. The number of nitrogens with zero attached hydrogens (tertiary/aromatic N) is 4. The normalized spacial score (nSPS) is 10.2. The van der Waals surface area contributed by atoms with Gasteiger partial charge in [0.05, 0.1) is 17.3 Å². The number of hydrogen-bond donors (Lipinski definition) is 1. The Morgan fingerprint density at radius 2 is 2.11 bits per heavy atom. The highest BCUT2D eigenvalue weighted by Gasteiger charge is 2.09. The van der Waals surface area contributed by atoms with Crippen molar-refractivity contribution in [1.82, 2.24) is 24.7 Å². The summed E-state index contributed by atoms with van der Waals surface area (Å²) in [6.45, 7) is 4.00. The summed E-state index contributed by atoms with van der Waals surface area (Å²) in [4.78, 5) is 11.8. The molecule has 0 atom stereocenters. The van der Waals surface area contributed by atoms with Crippen LogP contribution in [-0.2, 0) is 7.05 Å². The first-order chi connectivity index (χ1) is 8.74. The topological polar surface area (TPSA) is 59.4 Å². The number of hydrogen-bond acceptors (Lipinski definition) is 3. The van der Waals surface area contributed by atoms with Crippen molar-refractivity contribution in [2.75, 3.05) is 0 Å². The Bertz CT molecular complexity index is 655. The molecule has 94 valence electrons. The standard InChI is InChI=1S/C10H8BrN5.C2H6/c1-16-5-6(4-13-16)9-14-8-7(11)2-3-12-10(8)15-9;1-2/h2-5H,1H3,(H,12,14,15);1-2H3. The molecule has 5 nitrogen and oxygen atoms in total. The first-order valence-electron chi connectivity index (χ1n) is 5.73. The van der Waals surface area contributed by atoms with E-state index in [2.05, 4.69) is 36.0 Å². The quantitative estimate of drug-likeness (QED) is 0.751. The van der Waals surface area contributed by atoms with Gasteiger partial charge < -0.3 is 4.98 Å². The monoisotopic (exact) mass is 307 g/mol. The Morgan fingerprint density at radius 1 is 1.33 bits per heavy atom. The molecule has 0 bridgehead atoms. The van der Waals surface area contributed by atoms with E-state index in [-0.39, 0.29) is 0 Å². The number of imidazole rings is 1. The van der Waals surface area contributed by atoms with Crippen LogP contribution < -0.4 is 0 Å². The maximum Gasteiger partial charge on any atom is 0.179 e. The van der Waals surface area contributed by atoms with Gasteiger partial charge in [-0.15, -0.1) is 0 Å². The van der Waals surface area contributed by atoms with Gasteiger partial charge in [0.25, 0.3) is 0 Å². The molecule has 3 aromatic heterocycles. The maximum absolute atomic E-state index is 4.41. The summed E-state index contributed by atoms with van der Waals surface area (Å²) in [5, 5.41) is 4.11. The van der Waals surface area contributed by atoms with Crippen molar-refractivity contribution in [3.63, 3.8) is 0 Å². The van der Waals surface area contributed by atoms with Crippen LogP contribution in [0.5, 0.6) is 0 Å². The Morgan fingerprint density at radius 3 is 2.72 bits per heavy atom. The second-order valence-electron chi connectivity index (χ2n) is 3.48. The lowest BCUT2D eigenvalue weighted by Gasteiger charge is -1.89. The minimum atomic E-state index is 0.702. The third-order valence-electron chi connectivity index (χ3n) is 2.32. The fourth-order valence-corrected chi connectivity index (χ4v) is 1.96. The van der Waals surface area contributed by atoms with Gasteiger partial charge in [0.15, 0.2) is 5.65 Å². The summed E-state index contributed by atoms with van der Waals surface area (Å²) in [6, 6.07) is 1.88. The van der Waals surface area contributed by atoms with Crippen LogP contribution in [-0.4, -0.2) is 24.7 Å². The number of halogens is 1. The molecule has 0 amide bonds. The van der Waals surface area contributed by atoms with Crippen LogP contribution in [0.15, 0.2) is 29.1 Å². The second kappa shape index (κ2) is 5.30. The number of H-pyrrole nitrogens is 1. The number of aromatic nitrogens is 5. The van der Waals surface area contributed by atoms with Crippen LogP contribution in [0.4, 0.5) is 0 Å². The molecule has 3 heterocycles. The van der Waals surface area contributed by atoms with E-state index in [9.17, 15) is 0 Å². The maximum atomic E-state index is 4.41. The molecule has 0 aliphatic carbocycles. The Balaban J connectivity index is 0.000000574. The van der Waals surface area contributed by atoms with E-state index >= 15 is 0 Å². The zero-order valence-electron chi connectivity index (χ0n) is 10.5. The third kappa shape index (κ3) is 2.28. The Hall–Kier alpha value is -1.69. The summed E-state index contributed by atoms with van der Waals surface area (Å²) in [5.74, 6) is 0.780. The lowest BCUT2D eigenvalue weighted by atomic mass is 10.3. The van der Waals surface area contributed by atoms with Gasteiger partial charge in [-0.05, 0) is 22.0 Å². The van der Waals surface area contributed by atoms with Crippen molar-refractivity contribution in [2.45, 2.75) is 13.8 Å². The molecule has 0 saturated heterocycles. The lowest BCUT2D eigenvalue weighted by molar-refractivity contribution is 0.768. The molecule has 0 aliphatic heterocycles. The van der Waals surface area contributed by atoms with Crippen LogP contribution in [0, 0.1) is 0 Å². The summed E-state index contributed by atoms with van der Waals surface area (Å²) in [7, 11) is 1.88. The summed E-state index contributed by atoms with van der Waals surface area (Å²) >= 11 is 3.46. The number of pyridine rings is 1. The number of rotatable bonds is 1. The van der Waals surface area contributed by atoms with Crippen LogP contribution in [0.1, 0.15) is 13.8 Å². The lowest BCUT2D eigenvalue weighted by Crippen LogP contribution is -1.84. The van der Waals surface area contributed by atoms with E-state index in [1.54, 1.807) is 17.1 Å². The molecule has 1 N–H and O–H groups in total. The first-order valence-corrected chi connectivity index (χ1v) is 6.52. The van der Waals surface area contributed by atoms with Crippen molar-refractivity contribution >= 4 is 27.1 Å². The summed E-state index contributed by atoms with van der Waals surface area (Å²) < 4.78 is 2.70. The van der Waals surface area contributed by atoms with E-state index in [0.717, 1.165) is 21.4 Å². The van der Waals surface area contributed by atoms with Gasteiger partial charge in [-0.25, -0.2) is 9.97 Å². The highest BCUT2D eigenvalue weighted by molar-refractivity contribution is 9.10. The molecule has 3 aromatic rings. The number of aryl methyl sites for hydroxylation is 1. The van der Waals surface area contributed by atoms with Gasteiger partial charge in [-0.2, -0.15) is 5.10 Å². The van der Waals surface area contributed by atoms with Crippen LogP contribution in [0.25, 0.3) is 22.6 Å². The largest absolute Gasteiger partial charge is 0.336 e. The molecule has 6 heteroatoms. The molecule has 18 heavy (non-hydrogen) atoms. The van der Waals surface area contributed by atoms with Gasteiger partial charge in [0.1, 0.15) is 5.82 Å². The molecular weight excluding hydrogens is 294 g/mol. The summed E-state index contributed by atoms with van der Waals surface area (Å²) in [5.41, 5.74) is 2.56. The molecule has 0 spiro atoms. The minimum absolute atomic E-state index is 0.702. The van der Waals surface area contributed by atoms with Crippen molar-refractivity contribution in [3.8, 4) is 11.4 Å². The molecule has 0 aromatic carbocycles. The van der Waals surface area contributed by atoms with Gasteiger partial charge in [-0.3, -0.25) is 4.68 Å². The third-order valence-corrected chi connectivity index (χ3v) is 2.98. The Kier molecular flexibility index (Phi) is 3.76. The van der Waals surface area contributed by atoms with E-state index < -0.39 is 0 Å². The number of nitrogens with one attached hydrogen (secondary N) is 1. The van der Waals surface area contributed by atoms with E-state index in [0.29, 0.717) is 5.65 Å². The predicted molar refractivity (Wildman–Crippen MR) is 75.1 cm³/mol. The second-order valence-corrected chi connectivity index (χ2v) is 4.33. The van der Waals surface area contributed by atoms with Gasteiger partial charge in [0, 0.05) is 23.9 Å². The molecule has 0 saturated carbocycles. The smallest absolute Gasteiger partial charge is 0.179 e. The zero-order valence-corrected chi connectivity index (χ0v) is 12.1. The average molecular weight is 308 g/mol. The molecule has 0 radical (unpaired) electrons. The van der Waals surface area contributed by atoms with E-state index in [1.165, 1.54) is 0 Å². The van der Waals surface area contributed by atoms with Crippen LogP contribution >= 0.6 is 15.9 Å². The van der Waals surface area contributed by atoms with Crippen molar-refractivity contribution in [1.29, 1.82) is 0 Å². The number of fused-ring (bicyclic) bond motifs is 1. The van der Waals surface area contributed by atoms with Crippen molar-refractivity contribution in [2.24, 2.45) is 7.05 Å². The summed E-state index contributed by atoms with van der Waals surface area (Å²) in [6.07, 6.45) is 5.40. The zero-order chi connectivity index (χ0) is 13.1. The molecular formula is C12H14BrN5. The van der Waals surface area contributed by atoms with Gasteiger partial charge in [0.2, 0.25) is 0 Å². The van der Waals surface area contributed by atoms with Crippen LogP contribution in [0.3, 0.4) is 0 Å². The first kappa shape index (κ1) is 12.8. The van der Waals surface area contributed by atoms with E-state index in [1.807, 2.05) is 33.2 Å². The van der Waals surface area contributed by atoms with Gasteiger partial charge >= 0.3 is 0 Å². The highest BCUT2D eigenvalue weighted by Crippen LogP contribution is 2.23. The van der Waals surface area contributed by atoms with Crippen molar-refractivity contribution in [3.05, 3.63) is 29.1 Å². The molecule has 0 aliphatic rings. The predicted octanol–water partition coefficient (Wildman–Crippen LogP) is 3.15. The SMILES string of the molecule is CC.Cn1cc(-c2nc3nccc(Br)c3[nH]2)cn1. The van der Waals surface area contributed by atoms with Gasteiger partial charge in [-0.1, -0.05) is 13.8 Å². The minimum Gasteiger partial charge on any atom is -0.336 e. The molecule has 0 unspecified atom stereocenters. The highest BCUT2D eigenvalue weighted by atomic mass is 79.9. The Labute approximate surface area is 113 Å². The van der Waals surface area contributed by atoms with E-state index in [4.69, 9.17) is 0 Å². The fourth-order valence-electron chi connectivity index (χ4n) is 1.56. The molecule has 3 rings (SSSR count).